The molecule has 4 rings (SSSR count). The zero-order chi connectivity index (χ0) is 29.9. The highest BCUT2D eigenvalue weighted by Gasteiger charge is 2.37. The number of anilines is 1. The smallest absolute Gasteiger partial charge is 0.343 e. The summed E-state index contributed by atoms with van der Waals surface area (Å²) in [5.41, 5.74) is 3.22. The maximum atomic E-state index is 13.0. The minimum Gasteiger partial charge on any atom is -0.497 e. The minimum absolute atomic E-state index is 0.132. The van der Waals surface area contributed by atoms with Gasteiger partial charge in [-0.15, -0.1) is 0 Å². The summed E-state index contributed by atoms with van der Waals surface area (Å²) in [6.07, 6.45) is 1.47. The first kappa shape index (κ1) is 29.5. The number of fused-ring (bicyclic) bond motifs is 1. The van der Waals surface area contributed by atoms with Crippen LogP contribution in [0.15, 0.2) is 30.3 Å². The van der Waals surface area contributed by atoms with Gasteiger partial charge in [0.2, 0.25) is 0 Å². The summed E-state index contributed by atoms with van der Waals surface area (Å²) in [7, 11) is 1.60. The Kier molecular flexibility index (Phi) is 8.60. The van der Waals surface area contributed by atoms with E-state index in [1.165, 1.54) is 13.8 Å². The number of carbonyl (C=O) groups excluding carboxylic acids is 3. The van der Waals surface area contributed by atoms with Crippen molar-refractivity contribution in [1.82, 2.24) is 9.97 Å². The summed E-state index contributed by atoms with van der Waals surface area (Å²) in [5, 5.41) is 3.23. The topological polar surface area (TPSA) is 126 Å². The van der Waals surface area contributed by atoms with Crippen molar-refractivity contribution < 1.29 is 33.3 Å². The van der Waals surface area contributed by atoms with Crippen molar-refractivity contribution in [1.29, 1.82) is 0 Å². The van der Waals surface area contributed by atoms with Gasteiger partial charge in [0, 0.05) is 20.4 Å². The fraction of sp³-hybridized carbons (Fsp3) is 0.387. The number of nitrogens with one attached hydrogen (secondary N) is 1. The SMILES string of the molecule is CCOC(=O)c1c(C)nc(-c2c(OC(C)=O)cc3c(c2OC(C)=O)CCC3(C)C)nc1NCc1ccc(OC)cc1. The second kappa shape index (κ2) is 12.0. The van der Waals surface area contributed by atoms with E-state index in [0.717, 1.165) is 28.9 Å². The molecular formula is C31H35N3O7. The average Bonchev–Trinajstić information content (AvgIpc) is 3.21. The van der Waals surface area contributed by atoms with Crippen LogP contribution in [0, 0.1) is 6.92 Å². The molecule has 10 nitrogen and oxygen atoms in total. The molecule has 0 unspecified atom stereocenters. The van der Waals surface area contributed by atoms with Gasteiger partial charge < -0.3 is 24.3 Å². The van der Waals surface area contributed by atoms with Crippen molar-refractivity contribution in [2.45, 2.75) is 66.3 Å². The van der Waals surface area contributed by atoms with E-state index in [2.05, 4.69) is 24.1 Å². The van der Waals surface area contributed by atoms with Gasteiger partial charge in [-0.05, 0) is 67.0 Å². The molecule has 41 heavy (non-hydrogen) atoms. The van der Waals surface area contributed by atoms with Crippen molar-refractivity contribution >= 4 is 23.7 Å². The highest BCUT2D eigenvalue weighted by atomic mass is 16.5. The van der Waals surface area contributed by atoms with Gasteiger partial charge >= 0.3 is 17.9 Å². The Bertz CT molecular complexity index is 1500. The van der Waals surface area contributed by atoms with Crippen molar-refractivity contribution in [3.05, 3.63) is 58.3 Å². The molecule has 0 bridgehead atoms. The Balaban J connectivity index is 1.92. The molecule has 0 fully saturated rings. The van der Waals surface area contributed by atoms with Gasteiger partial charge in [-0.2, -0.15) is 0 Å². The van der Waals surface area contributed by atoms with Crippen LogP contribution in [0.5, 0.6) is 17.2 Å². The van der Waals surface area contributed by atoms with Gasteiger partial charge in [-0.1, -0.05) is 26.0 Å². The molecule has 3 aromatic rings. The van der Waals surface area contributed by atoms with Crippen LogP contribution in [0.1, 0.15) is 73.8 Å². The quantitative estimate of drug-likeness (QED) is 0.271. The molecule has 216 valence electrons. The first-order valence-corrected chi connectivity index (χ1v) is 13.4. The fourth-order valence-electron chi connectivity index (χ4n) is 4.99. The lowest BCUT2D eigenvalue weighted by atomic mass is 9.85. The van der Waals surface area contributed by atoms with Gasteiger partial charge in [0.25, 0.3) is 0 Å². The summed E-state index contributed by atoms with van der Waals surface area (Å²) in [5.74, 6) is -0.155. The maximum Gasteiger partial charge on any atom is 0.343 e. The number of hydrogen-bond acceptors (Lipinski definition) is 10. The van der Waals surface area contributed by atoms with Crippen molar-refractivity contribution in [2.75, 3.05) is 19.0 Å². The molecule has 0 atom stereocenters. The van der Waals surface area contributed by atoms with E-state index in [9.17, 15) is 14.4 Å². The number of methoxy groups -OCH3 is 1. The standard InChI is InChI=1S/C31H35N3O7/c1-8-39-30(37)25-17(2)33-29(34-28(25)32-16-20-9-11-21(38-7)12-10-20)26-24(40-18(3)35)15-23-22(13-14-31(23,5)6)27(26)41-19(4)36/h9-12,15H,8,13-14,16H2,1-7H3,(H,32,33,34). The Morgan fingerprint density at radius 3 is 2.32 bits per heavy atom. The molecule has 2 aromatic carbocycles. The molecule has 1 N–H and O–H groups in total. The Hall–Kier alpha value is -4.47. The fourth-order valence-corrected chi connectivity index (χ4v) is 4.99. The van der Waals surface area contributed by atoms with Crippen molar-refractivity contribution in [3.8, 4) is 28.6 Å². The van der Waals surface area contributed by atoms with E-state index in [1.807, 2.05) is 24.3 Å². The second-order valence-corrected chi connectivity index (χ2v) is 10.5. The third kappa shape index (κ3) is 6.32. The van der Waals surface area contributed by atoms with E-state index < -0.39 is 17.9 Å². The van der Waals surface area contributed by atoms with Crippen molar-refractivity contribution in [3.63, 3.8) is 0 Å². The number of nitrogens with zero attached hydrogens (tertiary/aromatic N) is 2. The molecular weight excluding hydrogens is 526 g/mol. The van der Waals surface area contributed by atoms with E-state index in [4.69, 9.17) is 23.9 Å². The second-order valence-electron chi connectivity index (χ2n) is 10.5. The van der Waals surface area contributed by atoms with Crippen LogP contribution in [-0.4, -0.2) is 41.6 Å². The molecule has 1 aliphatic carbocycles. The molecule has 1 aliphatic rings. The van der Waals surface area contributed by atoms with Crippen molar-refractivity contribution in [2.24, 2.45) is 0 Å². The molecule has 1 aromatic heterocycles. The summed E-state index contributed by atoms with van der Waals surface area (Å²) in [6.45, 7) is 10.7. The first-order valence-electron chi connectivity index (χ1n) is 13.4. The predicted octanol–water partition coefficient (Wildman–Crippen LogP) is 5.32. The number of aryl methyl sites for hydroxylation is 1. The monoisotopic (exact) mass is 561 g/mol. The van der Waals surface area contributed by atoms with E-state index in [1.54, 1.807) is 27.0 Å². The normalized spacial score (nSPS) is 13.2. The summed E-state index contributed by atoms with van der Waals surface area (Å²) < 4.78 is 22.0. The molecule has 0 aliphatic heterocycles. The first-order chi connectivity index (χ1) is 19.4. The number of carbonyl (C=O) groups is 3. The molecule has 0 spiro atoms. The van der Waals surface area contributed by atoms with Gasteiger partial charge in [0.1, 0.15) is 34.2 Å². The van der Waals surface area contributed by atoms with Gasteiger partial charge in [0.15, 0.2) is 5.82 Å². The molecule has 0 saturated carbocycles. The molecule has 10 heteroatoms. The average molecular weight is 562 g/mol. The van der Waals surface area contributed by atoms with E-state index in [0.29, 0.717) is 18.7 Å². The Labute approximate surface area is 239 Å². The van der Waals surface area contributed by atoms with Crippen LogP contribution in [0.25, 0.3) is 11.4 Å². The lowest BCUT2D eigenvalue weighted by Gasteiger charge is -2.23. The predicted molar refractivity (Wildman–Crippen MR) is 152 cm³/mol. The van der Waals surface area contributed by atoms with Crippen LogP contribution in [0.4, 0.5) is 5.82 Å². The number of hydrogen-bond donors (Lipinski definition) is 1. The van der Waals surface area contributed by atoms with Crippen LogP contribution < -0.4 is 19.5 Å². The van der Waals surface area contributed by atoms with E-state index >= 15 is 0 Å². The number of benzene rings is 2. The maximum absolute atomic E-state index is 13.0. The summed E-state index contributed by atoms with van der Waals surface area (Å²) in [4.78, 5) is 46.8. The molecule has 0 amide bonds. The number of aromatic nitrogens is 2. The Morgan fingerprint density at radius 2 is 1.71 bits per heavy atom. The number of ether oxygens (including phenoxy) is 4. The summed E-state index contributed by atoms with van der Waals surface area (Å²) in [6, 6.07) is 9.26. The lowest BCUT2D eigenvalue weighted by molar-refractivity contribution is -0.132. The van der Waals surface area contributed by atoms with Gasteiger partial charge in [-0.3, -0.25) is 9.59 Å². The number of esters is 3. The Morgan fingerprint density at radius 1 is 1.02 bits per heavy atom. The zero-order valence-corrected chi connectivity index (χ0v) is 24.5. The third-order valence-electron chi connectivity index (χ3n) is 6.99. The number of rotatable bonds is 9. The highest BCUT2D eigenvalue weighted by Crippen LogP contribution is 2.50. The van der Waals surface area contributed by atoms with E-state index in [-0.39, 0.29) is 46.3 Å². The third-order valence-corrected chi connectivity index (χ3v) is 6.99. The van der Waals surface area contributed by atoms with Crippen LogP contribution in [0.2, 0.25) is 0 Å². The summed E-state index contributed by atoms with van der Waals surface area (Å²) >= 11 is 0. The lowest BCUT2D eigenvalue weighted by Crippen LogP contribution is -2.17. The van der Waals surface area contributed by atoms with Gasteiger partial charge in [0.05, 0.1) is 19.4 Å². The van der Waals surface area contributed by atoms with Crippen LogP contribution in [0.3, 0.4) is 0 Å². The largest absolute Gasteiger partial charge is 0.497 e. The van der Waals surface area contributed by atoms with Gasteiger partial charge in [-0.25, -0.2) is 14.8 Å². The minimum atomic E-state index is -0.579. The molecule has 1 heterocycles. The molecule has 0 saturated heterocycles. The van der Waals surface area contributed by atoms with Crippen LogP contribution >= 0.6 is 0 Å². The highest BCUT2D eigenvalue weighted by molar-refractivity contribution is 5.96. The zero-order valence-electron chi connectivity index (χ0n) is 24.5. The van der Waals surface area contributed by atoms with Crippen LogP contribution in [-0.2, 0) is 32.7 Å². The molecule has 0 radical (unpaired) electrons.